The molecule has 0 spiro atoms. The Kier molecular flexibility index (Phi) is 5.88. The number of allylic oxidation sites excluding steroid dienone is 3. The van der Waals surface area contributed by atoms with Crippen LogP contribution < -0.4 is 5.56 Å². The lowest BCUT2D eigenvalue weighted by Gasteiger charge is -2.26. The van der Waals surface area contributed by atoms with Gasteiger partial charge >= 0.3 is 0 Å². The molecule has 0 unspecified atom stereocenters. The summed E-state index contributed by atoms with van der Waals surface area (Å²) in [5, 5.41) is 0.308. The molecule has 0 radical (unpaired) electrons. The van der Waals surface area contributed by atoms with Crippen molar-refractivity contribution in [2.75, 3.05) is 26.3 Å². The molecule has 1 fully saturated rings. The predicted molar refractivity (Wildman–Crippen MR) is 118 cm³/mol. The standard InChI is InChI=1S/C23H24ClN3O3/c1-3-4-5-27-14-19(17-10-15(2)11-18(17)22(27)28)16-12-20(24)21(25-13-16)23(29)26-6-8-30-9-7-26/h3-4,10,12-14H,5-9,11H2,1-2H3/b4-3+. The minimum Gasteiger partial charge on any atom is -0.378 e. The van der Waals surface area contributed by atoms with Crippen molar-refractivity contribution in [2.24, 2.45) is 0 Å². The van der Waals surface area contributed by atoms with Gasteiger partial charge in [-0.2, -0.15) is 0 Å². The number of carbonyl (C=O) groups is 1. The number of ether oxygens (including phenoxy) is 1. The summed E-state index contributed by atoms with van der Waals surface area (Å²) in [5.41, 5.74) is 4.80. The van der Waals surface area contributed by atoms with E-state index in [1.807, 2.05) is 38.3 Å². The van der Waals surface area contributed by atoms with Gasteiger partial charge in [0.1, 0.15) is 5.69 Å². The summed E-state index contributed by atoms with van der Waals surface area (Å²) in [6, 6.07) is 1.77. The van der Waals surface area contributed by atoms with Gasteiger partial charge in [-0.1, -0.05) is 35.4 Å². The number of amides is 1. The summed E-state index contributed by atoms with van der Waals surface area (Å²) in [5.74, 6) is -0.186. The first-order valence-electron chi connectivity index (χ1n) is 10.1. The number of morpholine rings is 1. The number of rotatable bonds is 4. The van der Waals surface area contributed by atoms with Crippen LogP contribution in [0.25, 0.3) is 17.2 Å². The molecule has 1 saturated heterocycles. The van der Waals surface area contributed by atoms with Gasteiger partial charge in [-0.3, -0.25) is 9.59 Å². The van der Waals surface area contributed by atoms with Crippen molar-refractivity contribution in [3.05, 3.63) is 68.4 Å². The Labute approximate surface area is 180 Å². The van der Waals surface area contributed by atoms with Crippen molar-refractivity contribution in [1.82, 2.24) is 14.5 Å². The molecule has 3 heterocycles. The second-order valence-electron chi connectivity index (χ2n) is 7.59. The molecule has 30 heavy (non-hydrogen) atoms. The van der Waals surface area contributed by atoms with Crippen molar-refractivity contribution in [1.29, 1.82) is 0 Å². The van der Waals surface area contributed by atoms with Gasteiger partial charge in [0, 0.05) is 48.7 Å². The third-order valence-corrected chi connectivity index (χ3v) is 5.74. The minimum atomic E-state index is -0.186. The van der Waals surface area contributed by atoms with Crippen molar-refractivity contribution in [3.8, 4) is 11.1 Å². The highest BCUT2D eigenvalue weighted by Crippen LogP contribution is 2.33. The first kappa shape index (κ1) is 20.6. The van der Waals surface area contributed by atoms with Crippen LogP contribution in [0, 0.1) is 0 Å². The maximum atomic E-state index is 12.9. The lowest BCUT2D eigenvalue weighted by Crippen LogP contribution is -2.41. The highest BCUT2D eigenvalue weighted by Gasteiger charge is 2.24. The monoisotopic (exact) mass is 425 g/mol. The van der Waals surface area contributed by atoms with Crippen LogP contribution in [0.15, 0.2) is 41.0 Å². The number of nitrogens with zero attached hydrogens (tertiary/aromatic N) is 3. The van der Waals surface area contributed by atoms with Gasteiger partial charge in [0.05, 0.1) is 18.2 Å². The molecular weight excluding hydrogens is 402 g/mol. The highest BCUT2D eigenvalue weighted by molar-refractivity contribution is 6.33. The summed E-state index contributed by atoms with van der Waals surface area (Å²) >= 11 is 6.49. The van der Waals surface area contributed by atoms with E-state index in [-0.39, 0.29) is 17.2 Å². The van der Waals surface area contributed by atoms with E-state index in [9.17, 15) is 9.59 Å². The predicted octanol–water partition coefficient (Wildman–Crippen LogP) is 3.57. The zero-order chi connectivity index (χ0) is 21.3. The van der Waals surface area contributed by atoms with Crippen LogP contribution in [0.4, 0.5) is 0 Å². The van der Waals surface area contributed by atoms with Gasteiger partial charge in [-0.25, -0.2) is 4.98 Å². The third kappa shape index (κ3) is 3.85. The van der Waals surface area contributed by atoms with Gasteiger partial charge < -0.3 is 14.2 Å². The van der Waals surface area contributed by atoms with E-state index in [1.165, 1.54) is 0 Å². The van der Waals surface area contributed by atoms with Crippen LogP contribution in [0.2, 0.25) is 5.02 Å². The van der Waals surface area contributed by atoms with Gasteiger partial charge in [-0.05, 0) is 31.9 Å². The molecule has 0 N–H and O–H groups in total. The van der Waals surface area contributed by atoms with Crippen molar-refractivity contribution < 1.29 is 9.53 Å². The maximum absolute atomic E-state index is 12.9. The van der Waals surface area contributed by atoms with Crippen molar-refractivity contribution in [3.63, 3.8) is 0 Å². The summed E-state index contributed by atoms with van der Waals surface area (Å²) in [7, 11) is 0. The molecule has 4 rings (SSSR count). The first-order valence-corrected chi connectivity index (χ1v) is 10.4. The number of fused-ring (bicyclic) bond motifs is 1. The molecule has 0 saturated carbocycles. The Morgan fingerprint density at radius 3 is 2.80 bits per heavy atom. The SMILES string of the molecule is C/C=C/Cn1cc(-c2cnc(C(=O)N3CCOCC3)c(Cl)c2)c2c(c1=O)CC(C)=C2. The topological polar surface area (TPSA) is 64.4 Å². The fourth-order valence-corrected chi connectivity index (χ4v) is 4.14. The Morgan fingerprint density at radius 2 is 2.10 bits per heavy atom. The van der Waals surface area contributed by atoms with Gasteiger partial charge in [-0.15, -0.1) is 0 Å². The lowest BCUT2D eigenvalue weighted by molar-refractivity contribution is 0.0299. The molecule has 1 aliphatic carbocycles. The molecule has 6 nitrogen and oxygen atoms in total. The van der Waals surface area contributed by atoms with Crippen LogP contribution in [-0.2, 0) is 17.7 Å². The number of hydrogen-bond donors (Lipinski definition) is 0. The van der Waals surface area contributed by atoms with Crippen molar-refractivity contribution >= 4 is 23.6 Å². The number of aromatic nitrogens is 2. The number of pyridine rings is 2. The van der Waals surface area contributed by atoms with Crippen LogP contribution in [0.1, 0.15) is 35.5 Å². The number of carbonyl (C=O) groups excluding carboxylic acids is 1. The quantitative estimate of drug-likeness (QED) is 0.702. The molecule has 2 aromatic rings. The number of hydrogen-bond acceptors (Lipinski definition) is 4. The second kappa shape index (κ2) is 8.58. The van der Waals surface area contributed by atoms with Crippen LogP contribution in [0.3, 0.4) is 0 Å². The number of halogens is 1. The Bertz CT molecular complexity index is 1110. The normalized spacial score (nSPS) is 16.1. The third-order valence-electron chi connectivity index (χ3n) is 5.46. The van der Waals surface area contributed by atoms with Crippen molar-refractivity contribution in [2.45, 2.75) is 26.8 Å². The highest BCUT2D eigenvalue weighted by atomic mass is 35.5. The van der Waals surface area contributed by atoms with Crippen LogP contribution in [-0.4, -0.2) is 46.7 Å². The summed E-state index contributed by atoms with van der Waals surface area (Å²) in [6.45, 7) is 6.56. The average molecular weight is 426 g/mol. The van der Waals surface area contributed by atoms with E-state index < -0.39 is 0 Å². The van der Waals surface area contributed by atoms with Gasteiger partial charge in [0.2, 0.25) is 0 Å². The zero-order valence-corrected chi connectivity index (χ0v) is 17.9. The van der Waals surface area contributed by atoms with E-state index in [2.05, 4.69) is 4.98 Å². The Morgan fingerprint density at radius 1 is 1.33 bits per heavy atom. The molecule has 2 aromatic heterocycles. The molecule has 0 aromatic carbocycles. The molecule has 2 aliphatic rings. The Hall–Kier alpha value is -2.70. The minimum absolute atomic E-state index is 0.0260. The largest absolute Gasteiger partial charge is 0.378 e. The summed E-state index contributed by atoms with van der Waals surface area (Å²) in [6.07, 6.45) is 10.1. The maximum Gasteiger partial charge on any atom is 0.274 e. The van der Waals surface area contributed by atoms with Crippen LogP contribution in [0.5, 0.6) is 0 Å². The zero-order valence-electron chi connectivity index (χ0n) is 17.2. The summed E-state index contributed by atoms with van der Waals surface area (Å²) in [4.78, 5) is 31.8. The van der Waals surface area contributed by atoms with Gasteiger partial charge in [0.25, 0.3) is 11.5 Å². The van der Waals surface area contributed by atoms with E-state index >= 15 is 0 Å². The fraction of sp³-hybridized carbons (Fsp3) is 0.348. The lowest BCUT2D eigenvalue weighted by atomic mass is 10.0. The molecular formula is C23H24ClN3O3. The molecule has 7 heteroatoms. The van der Waals surface area contributed by atoms with Crippen LogP contribution >= 0.6 is 11.6 Å². The van der Waals surface area contributed by atoms with E-state index in [4.69, 9.17) is 16.3 Å². The van der Waals surface area contributed by atoms with E-state index in [0.29, 0.717) is 44.3 Å². The molecule has 1 amide bonds. The second-order valence-corrected chi connectivity index (χ2v) is 8.00. The molecule has 0 atom stereocenters. The van der Waals surface area contributed by atoms with Gasteiger partial charge in [0.15, 0.2) is 0 Å². The molecule has 0 bridgehead atoms. The van der Waals surface area contributed by atoms with E-state index in [0.717, 1.165) is 27.8 Å². The molecule has 1 aliphatic heterocycles. The first-order chi connectivity index (χ1) is 14.5. The Balaban J connectivity index is 1.75. The van der Waals surface area contributed by atoms with E-state index in [1.54, 1.807) is 21.7 Å². The summed E-state index contributed by atoms with van der Waals surface area (Å²) < 4.78 is 7.02. The molecule has 156 valence electrons. The fourth-order valence-electron chi connectivity index (χ4n) is 3.89. The average Bonchev–Trinajstić information content (AvgIpc) is 3.15. The smallest absolute Gasteiger partial charge is 0.274 e.